The predicted molar refractivity (Wildman–Crippen MR) is 126 cm³/mol. The molecule has 0 aliphatic heterocycles. The Balaban J connectivity index is 1.56. The minimum atomic E-state index is -4.75. The Labute approximate surface area is 201 Å². The molecule has 1 amide bonds. The van der Waals surface area contributed by atoms with Gasteiger partial charge in [-0.25, -0.2) is 0 Å². The van der Waals surface area contributed by atoms with E-state index in [9.17, 15) is 18.0 Å². The van der Waals surface area contributed by atoms with E-state index in [0.29, 0.717) is 35.8 Å². The van der Waals surface area contributed by atoms with Crippen LogP contribution in [0.25, 0.3) is 0 Å². The van der Waals surface area contributed by atoms with Gasteiger partial charge in [-0.2, -0.15) is 0 Å². The second-order valence-corrected chi connectivity index (χ2v) is 7.81. The maximum absolute atomic E-state index is 12.8. The van der Waals surface area contributed by atoms with Crippen molar-refractivity contribution in [2.24, 2.45) is 5.73 Å². The number of amides is 1. The number of methoxy groups -OCH3 is 1. The van der Waals surface area contributed by atoms with Gasteiger partial charge < -0.3 is 25.3 Å². The monoisotopic (exact) mass is 488 g/mol. The molecule has 0 spiro atoms. The molecule has 0 fully saturated rings. The summed E-state index contributed by atoms with van der Waals surface area (Å²) in [6.07, 6.45) is 0.193. The number of benzene rings is 2. The van der Waals surface area contributed by atoms with E-state index in [0.717, 1.165) is 23.1 Å². The number of ether oxygens (including phenoxy) is 3. The molecule has 9 heteroatoms. The fourth-order valence-corrected chi connectivity index (χ4v) is 3.53. The number of nitrogens with two attached hydrogens (primary N) is 1. The standard InChI is InChI=1S/C26H27F3N2O4/c1-3-18-14-24(30)23(13-6-19(18)16-33-2)25(32)31-15-17-4-7-20(8-5-17)34-21-9-11-22(12-10-21)35-26(27,28)29/h4-13H,3,14-16,30H2,1-2H3,(H,31,32). The van der Waals surface area contributed by atoms with Gasteiger partial charge in [-0.1, -0.05) is 30.7 Å². The van der Waals surface area contributed by atoms with Crippen molar-refractivity contribution in [3.05, 3.63) is 88.7 Å². The maximum atomic E-state index is 12.8. The molecule has 3 rings (SSSR count). The van der Waals surface area contributed by atoms with E-state index in [2.05, 4.69) is 10.1 Å². The smallest absolute Gasteiger partial charge is 0.457 e. The van der Waals surface area contributed by atoms with E-state index in [1.807, 2.05) is 13.0 Å². The highest BCUT2D eigenvalue weighted by molar-refractivity contribution is 5.97. The molecule has 0 aromatic heterocycles. The Kier molecular flexibility index (Phi) is 8.59. The van der Waals surface area contributed by atoms with Gasteiger partial charge in [0.25, 0.3) is 5.91 Å². The molecule has 0 atom stereocenters. The molecule has 0 heterocycles. The van der Waals surface area contributed by atoms with Crippen LogP contribution in [0.2, 0.25) is 0 Å². The number of carbonyl (C=O) groups excluding carboxylic acids is 1. The lowest BCUT2D eigenvalue weighted by atomic mass is 10.0. The second-order valence-electron chi connectivity index (χ2n) is 7.81. The average molecular weight is 489 g/mol. The number of allylic oxidation sites excluding steroid dienone is 1. The van der Waals surface area contributed by atoms with Gasteiger partial charge in [0.2, 0.25) is 0 Å². The SMILES string of the molecule is CCC1=C(COC)C=CC(C(=O)NCc2ccc(Oc3ccc(OC(F)(F)F)cc3)cc2)=C(N)C1. The van der Waals surface area contributed by atoms with Gasteiger partial charge in [0.1, 0.15) is 17.2 Å². The van der Waals surface area contributed by atoms with Crippen LogP contribution >= 0.6 is 0 Å². The highest BCUT2D eigenvalue weighted by Gasteiger charge is 2.31. The Bertz CT molecular complexity index is 1120. The topological polar surface area (TPSA) is 82.8 Å². The highest BCUT2D eigenvalue weighted by atomic mass is 19.4. The summed E-state index contributed by atoms with van der Waals surface area (Å²) in [5.41, 5.74) is 10.2. The molecule has 0 radical (unpaired) electrons. The Morgan fingerprint density at radius 3 is 2.17 bits per heavy atom. The minimum Gasteiger partial charge on any atom is -0.457 e. The zero-order valence-corrected chi connectivity index (χ0v) is 19.4. The van der Waals surface area contributed by atoms with Crippen LogP contribution in [-0.4, -0.2) is 26.0 Å². The lowest BCUT2D eigenvalue weighted by molar-refractivity contribution is -0.274. The van der Waals surface area contributed by atoms with E-state index in [4.69, 9.17) is 15.2 Å². The van der Waals surface area contributed by atoms with Gasteiger partial charge in [-0.15, -0.1) is 13.2 Å². The summed E-state index contributed by atoms with van der Waals surface area (Å²) in [5, 5.41) is 2.88. The minimum absolute atomic E-state index is 0.269. The van der Waals surface area contributed by atoms with Crippen molar-refractivity contribution in [2.75, 3.05) is 13.7 Å². The number of hydrogen-bond donors (Lipinski definition) is 2. The normalized spacial score (nSPS) is 14.1. The zero-order chi connectivity index (χ0) is 25.4. The van der Waals surface area contributed by atoms with Crippen molar-refractivity contribution in [3.8, 4) is 17.2 Å². The van der Waals surface area contributed by atoms with Crippen LogP contribution in [0.1, 0.15) is 25.3 Å². The predicted octanol–water partition coefficient (Wildman–Crippen LogP) is 5.52. The van der Waals surface area contributed by atoms with Gasteiger partial charge in [0.05, 0.1) is 12.2 Å². The molecule has 3 N–H and O–H groups in total. The molecular formula is C26H27F3N2O4. The van der Waals surface area contributed by atoms with Gasteiger partial charge >= 0.3 is 6.36 Å². The number of rotatable bonds is 9. The van der Waals surface area contributed by atoms with E-state index in [1.54, 1.807) is 37.5 Å². The first-order valence-electron chi connectivity index (χ1n) is 11.0. The number of alkyl halides is 3. The molecule has 2 aromatic rings. The van der Waals surface area contributed by atoms with Gasteiger partial charge in [-0.05, 0) is 60.0 Å². The van der Waals surface area contributed by atoms with E-state index < -0.39 is 6.36 Å². The molecule has 0 unspecified atom stereocenters. The van der Waals surface area contributed by atoms with E-state index >= 15 is 0 Å². The van der Waals surface area contributed by atoms with Crippen LogP contribution in [0.15, 0.2) is 83.1 Å². The van der Waals surface area contributed by atoms with Crippen LogP contribution in [0, 0.1) is 0 Å². The van der Waals surface area contributed by atoms with Crippen LogP contribution < -0.4 is 20.5 Å². The molecule has 35 heavy (non-hydrogen) atoms. The quantitative estimate of drug-likeness (QED) is 0.486. The molecule has 0 bridgehead atoms. The summed E-state index contributed by atoms with van der Waals surface area (Å²) in [5.74, 6) is 0.254. The first-order valence-corrected chi connectivity index (χ1v) is 11.0. The van der Waals surface area contributed by atoms with Crippen molar-refractivity contribution in [1.82, 2.24) is 5.32 Å². The Hall–Kier alpha value is -3.72. The van der Waals surface area contributed by atoms with Crippen molar-refractivity contribution < 1.29 is 32.2 Å². The first kappa shape index (κ1) is 25.9. The van der Waals surface area contributed by atoms with Crippen LogP contribution in [0.4, 0.5) is 13.2 Å². The summed E-state index contributed by atoms with van der Waals surface area (Å²) < 4.78 is 51.5. The van der Waals surface area contributed by atoms with Gasteiger partial charge in [0, 0.05) is 25.8 Å². The number of hydrogen-bond acceptors (Lipinski definition) is 5. The molecule has 0 saturated heterocycles. The van der Waals surface area contributed by atoms with Crippen molar-refractivity contribution in [2.45, 2.75) is 32.7 Å². The molecule has 0 saturated carbocycles. The number of nitrogens with one attached hydrogen (secondary N) is 1. The fourth-order valence-electron chi connectivity index (χ4n) is 3.53. The largest absolute Gasteiger partial charge is 0.573 e. The van der Waals surface area contributed by atoms with Crippen LogP contribution in [-0.2, 0) is 16.1 Å². The maximum Gasteiger partial charge on any atom is 0.573 e. The lowest BCUT2D eigenvalue weighted by Gasteiger charge is -2.11. The van der Waals surface area contributed by atoms with E-state index in [1.165, 1.54) is 24.3 Å². The Morgan fingerprint density at radius 2 is 1.60 bits per heavy atom. The average Bonchev–Trinajstić information content (AvgIpc) is 2.97. The van der Waals surface area contributed by atoms with Gasteiger partial charge in [0.15, 0.2) is 0 Å². The summed E-state index contributed by atoms with van der Waals surface area (Å²) in [6.45, 7) is 2.79. The summed E-state index contributed by atoms with van der Waals surface area (Å²) in [7, 11) is 1.63. The second kappa shape index (κ2) is 11.6. The summed E-state index contributed by atoms with van der Waals surface area (Å²) in [4.78, 5) is 12.8. The van der Waals surface area contributed by atoms with Crippen molar-refractivity contribution in [3.63, 3.8) is 0 Å². The number of carbonyl (C=O) groups is 1. The third-order valence-corrected chi connectivity index (χ3v) is 5.30. The van der Waals surface area contributed by atoms with Gasteiger partial charge in [-0.3, -0.25) is 4.79 Å². The Morgan fingerprint density at radius 1 is 1.00 bits per heavy atom. The fraction of sp³-hybridized carbons (Fsp3) is 0.269. The van der Waals surface area contributed by atoms with Crippen LogP contribution in [0.3, 0.4) is 0 Å². The molecule has 6 nitrogen and oxygen atoms in total. The third-order valence-electron chi connectivity index (χ3n) is 5.30. The number of halogens is 3. The molecule has 186 valence electrons. The molecule has 1 aliphatic carbocycles. The molecule has 1 aliphatic rings. The zero-order valence-electron chi connectivity index (χ0n) is 19.4. The summed E-state index contributed by atoms with van der Waals surface area (Å²) in [6, 6.07) is 12.1. The molecule has 2 aromatic carbocycles. The highest BCUT2D eigenvalue weighted by Crippen LogP contribution is 2.28. The molecular weight excluding hydrogens is 461 g/mol. The lowest BCUT2D eigenvalue weighted by Crippen LogP contribution is -2.26. The third kappa shape index (κ3) is 7.65. The van der Waals surface area contributed by atoms with Crippen molar-refractivity contribution >= 4 is 5.91 Å². The van der Waals surface area contributed by atoms with Crippen molar-refractivity contribution in [1.29, 1.82) is 0 Å². The summed E-state index contributed by atoms with van der Waals surface area (Å²) >= 11 is 0. The first-order chi connectivity index (χ1) is 16.7. The van der Waals surface area contributed by atoms with E-state index in [-0.39, 0.29) is 18.2 Å². The van der Waals surface area contributed by atoms with Crippen LogP contribution in [0.5, 0.6) is 17.2 Å².